The summed E-state index contributed by atoms with van der Waals surface area (Å²) in [6, 6.07) is 7.04. The molecular weight excluding hydrogens is 306 g/mol. The van der Waals surface area contributed by atoms with Crippen LogP contribution in [-0.2, 0) is 15.9 Å². The Morgan fingerprint density at radius 2 is 1.95 bits per heavy atom. The third kappa shape index (κ3) is 3.79. The second-order valence-corrected chi connectivity index (χ2v) is 8.25. The molecule has 1 aliphatic heterocycles. The van der Waals surface area contributed by atoms with Crippen LogP contribution in [0.1, 0.15) is 38.7 Å². The van der Waals surface area contributed by atoms with Crippen molar-refractivity contribution in [3.8, 4) is 0 Å². The third-order valence-corrected chi connectivity index (χ3v) is 6.70. The second-order valence-electron chi connectivity index (χ2n) is 6.08. The smallest absolute Gasteiger partial charge is 0.207 e. The van der Waals surface area contributed by atoms with E-state index in [1.165, 1.54) is 0 Å². The Hall–Kier alpha value is -0.580. The van der Waals surface area contributed by atoms with Gasteiger partial charge in [-0.05, 0) is 42.7 Å². The summed E-state index contributed by atoms with van der Waals surface area (Å²) >= 11 is 5.89. The van der Waals surface area contributed by atoms with Gasteiger partial charge in [0.1, 0.15) is 0 Å². The molecule has 0 aromatic heterocycles. The molecule has 118 valence electrons. The largest absolute Gasteiger partial charge is 0.243 e. The molecule has 0 radical (unpaired) electrons. The SMILES string of the molecule is CC(C)C1CCCN(S(=O)(=O)c2ccccc2CCl)CC1. The van der Waals surface area contributed by atoms with E-state index >= 15 is 0 Å². The number of sulfonamides is 1. The van der Waals surface area contributed by atoms with Crippen LogP contribution in [0.4, 0.5) is 0 Å². The van der Waals surface area contributed by atoms with Gasteiger partial charge in [-0.1, -0.05) is 32.0 Å². The zero-order valence-corrected chi connectivity index (χ0v) is 14.3. The van der Waals surface area contributed by atoms with Gasteiger partial charge < -0.3 is 0 Å². The Morgan fingerprint density at radius 1 is 1.24 bits per heavy atom. The van der Waals surface area contributed by atoms with E-state index in [-0.39, 0.29) is 5.88 Å². The number of alkyl halides is 1. The number of benzene rings is 1. The molecule has 1 aliphatic rings. The average Bonchev–Trinajstić information content (AvgIpc) is 2.73. The Labute approximate surface area is 133 Å². The van der Waals surface area contributed by atoms with Crippen molar-refractivity contribution in [2.24, 2.45) is 11.8 Å². The topological polar surface area (TPSA) is 37.4 Å². The van der Waals surface area contributed by atoms with Crippen LogP contribution in [0, 0.1) is 11.8 Å². The third-order valence-electron chi connectivity index (χ3n) is 4.41. The van der Waals surface area contributed by atoms with E-state index in [2.05, 4.69) is 13.8 Å². The van der Waals surface area contributed by atoms with Crippen LogP contribution in [0.2, 0.25) is 0 Å². The maximum atomic E-state index is 12.9. The number of halogens is 1. The molecule has 3 nitrogen and oxygen atoms in total. The summed E-state index contributed by atoms with van der Waals surface area (Å²) < 4.78 is 27.4. The predicted octanol–water partition coefficient (Wildman–Crippen LogP) is 3.87. The molecule has 1 aromatic carbocycles. The minimum Gasteiger partial charge on any atom is -0.207 e. The van der Waals surface area contributed by atoms with Crippen LogP contribution in [0.25, 0.3) is 0 Å². The van der Waals surface area contributed by atoms with Gasteiger partial charge in [0, 0.05) is 19.0 Å². The number of hydrogen-bond donors (Lipinski definition) is 0. The lowest BCUT2D eigenvalue weighted by atomic mass is 9.89. The summed E-state index contributed by atoms with van der Waals surface area (Å²) in [5.41, 5.74) is 0.684. The van der Waals surface area contributed by atoms with Gasteiger partial charge in [0.25, 0.3) is 0 Å². The maximum Gasteiger partial charge on any atom is 0.243 e. The van der Waals surface area contributed by atoms with Crippen LogP contribution in [0.5, 0.6) is 0 Å². The first-order valence-electron chi connectivity index (χ1n) is 7.61. The highest BCUT2D eigenvalue weighted by atomic mass is 35.5. The molecule has 0 saturated carbocycles. The summed E-state index contributed by atoms with van der Waals surface area (Å²) in [6.07, 6.45) is 2.99. The highest BCUT2D eigenvalue weighted by molar-refractivity contribution is 7.89. The van der Waals surface area contributed by atoms with Gasteiger partial charge in [0.15, 0.2) is 0 Å². The molecule has 1 aromatic rings. The van der Waals surface area contributed by atoms with Gasteiger partial charge in [-0.25, -0.2) is 8.42 Å². The quantitative estimate of drug-likeness (QED) is 0.786. The molecule has 21 heavy (non-hydrogen) atoms. The molecule has 1 saturated heterocycles. The van der Waals surface area contributed by atoms with Gasteiger partial charge in [0.05, 0.1) is 4.90 Å². The normalized spacial score (nSPS) is 21.4. The lowest BCUT2D eigenvalue weighted by Gasteiger charge is -2.22. The standard InChI is InChI=1S/C16H24ClNO2S/c1-13(2)14-7-5-10-18(11-9-14)21(19,20)16-8-4-3-6-15(16)12-17/h3-4,6,8,13-14H,5,7,9-12H2,1-2H3. The first kappa shape index (κ1) is 16.8. The summed E-state index contributed by atoms with van der Waals surface area (Å²) in [6.45, 7) is 5.67. The molecule has 0 amide bonds. The monoisotopic (exact) mass is 329 g/mol. The minimum atomic E-state index is -3.43. The molecule has 1 unspecified atom stereocenters. The zero-order valence-electron chi connectivity index (χ0n) is 12.8. The highest BCUT2D eigenvalue weighted by Gasteiger charge is 2.29. The summed E-state index contributed by atoms with van der Waals surface area (Å²) in [5, 5.41) is 0. The van der Waals surface area contributed by atoms with Crippen molar-refractivity contribution in [3.63, 3.8) is 0 Å². The molecule has 0 aliphatic carbocycles. The molecular formula is C16H24ClNO2S. The molecule has 5 heteroatoms. The van der Waals surface area contributed by atoms with Gasteiger partial charge in [-0.2, -0.15) is 4.31 Å². The van der Waals surface area contributed by atoms with Crippen LogP contribution in [0.15, 0.2) is 29.2 Å². The van der Waals surface area contributed by atoms with Crippen molar-refractivity contribution in [1.29, 1.82) is 0 Å². The average molecular weight is 330 g/mol. The van der Waals surface area contributed by atoms with Crippen molar-refractivity contribution in [3.05, 3.63) is 29.8 Å². The molecule has 0 bridgehead atoms. The first-order chi connectivity index (χ1) is 9.96. The zero-order chi connectivity index (χ0) is 15.5. The molecule has 0 N–H and O–H groups in total. The van der Waals surface area contributed by atoms with E-state index in [4.69, 9.17) is 11.6 Å². The first-order valence-corrected chi connectivity index (χ1v) is 9.58. The van der Waals surface area contributed by atoms with Crippen molar-refractivity contribution in [2.45, 2.75) is 43.9 Å². The fourth-order valence-corrected chi connectivity index (χ4v) is 5.04. The van der Waals surface area contributed by atoms with E-state index in [0.717, 1.165) is 19.3 Å². The van der Waals surface area contributed by atoms with Gasteiger partial charge in [0.2, 0.25) is 10.0 Å². The Kier molecular flexibility index (Phi) is 5.69. The summed E-state index contributed by atoms with van der Waals surface area (Å²) in [7, 11) is -3.43. The Morgan fingerprint density at radius 3 is 2.62 bits per heavy atom. The highest BCUT2D eigenvalue weighted by Crippen LogP contribution is 2.28. The Balaban J connectivity index is 2.23. The van der Waals surface area contributed by atoms with Crippen LogP contribution in [0.3, 0.4) is 0 Å². The molecule has 0 spiro atoms. The number of hydrogen-bond acceptors (Lipinski definition) is 2. The molecule has 1 fully saturated rings. The van der Waals surface area contributed by atoms with E-state index in [1.54, 1.807) is 22.5 Å². The molecule has 1 heterocycles. The van der Waals surface area contributed by atoms with Crippen LogP contribution < -0.4 is 0 Å². The van der Waals surface area contributed by atoms with Gasteiger partial charge >= 0.3 is 0 Å². The van der Waals surface area contributed by atoms with E-state index in [1.807, 2.05) is 6.07 Å². The van der Waals surface area contributed by atoms with Crippen LogP contribution >= 0.6 is 11.6 Å². The molecule has 2 rings (SSSR count). The van der Waals surface area contributed by atoms with E-state index < -0.39 is 10.0 Å². The van der Waals surface area contributed by atoms with Crippen molar-refractivity contribution in [1.82, 2.24) is 4.31 Å². The maximum absolute atomic E-state index is 12.9. The predicted molar refractivity (Wildman–Crippen MR) is 86.9 cm³/mol. The minimum absolute atomic E-state index is 0.220. The van der Waals surface area contributed by atoms with E-state index in [9.17, 15) is 8.42 Å². The van der Waals surface area contributed by atoms with Gasteiger partial charge in [-0.15, -0.1) is 11.6 Å². The van der Waals surface area contributed by atoms with Crippen molar-refractivity contribution in [2.75, 3.05) is 13.1 Å². The fourth-order valence-electron chi connectivity index (χ4n) is 3.01. The lowest BCUT2D eigenvalue weighted by Crippen LogP contribution is -2.32. The lowest BCUT2D eigenvalue weighted by molar-refractivity contribution is 0.340. The van der Waals surface area contributed by atoms with E-state index in [0.29, 0.717) is 35.4 Å². The number of rotatable bonds is 4. The summed E-state index contributed by atoms with van der Waals surface area (Å²) in [4.78, 5) is 0.364. The van der Waals surface area contributed by atoms with Crippen LogP contribution in [-0.4, -0.2) is 25.8 Å². The summed E-state index contributed by atoms with van der Waals surface area (Å²) in [5.74, 6) is 1.45. The fraction of sp³-hybridized carbons (Fsp3) is 0.625. The Bertz CT molecular complexity index is 571. The van der Waals surface area contributed by atoms with Crippen molar-refractivity contribution < 1.29 is 8.42 Å². The second kappa shape index (κ2) is 7.12. The molecule has 1 atom stereocenters. The number of nitrogens with zero attached hydrogens (tertiary/aromatic N) is 1. The van der Waals surface area contributed by atoms with Gasteiger partial charge in [-0.3, -0.25) is 0 Å². The van der Waals surface area contributed by atoms with Crippen molar-refractivity contribution >= 4 is 21.6 Å².